The van der Waals surface area contributed by atoms with E-state index in [1.54, 1.807) is 7.11 Å². The smallest absolute Gasteiger partial charge is 0.122 e. The quantitative estimate of drug-likeness (QED) is 0.430. The van der Waals surface area contributed by atoms with Crippen molar-refractivity contribution in [3.8, 4) is 11.5 Å². The van der Waals surface area contributed by atoms with Crippen LogP contribution in [-0.2, 0) is 0 Å². The summed E-state index contributed by atoms with van der Waals surface area (Å²) < 4.78 is 10.8. The van der Waals surface area contributed by atoms with Gasteiger partial charge in [-0.1, -0.05) is 19.9 Å². The molecule has 0 fully saturated rings. The Bertz CT molecular complexity index is 416. The van der Waals surface area contributed by atoms with Crippen LogP contribution in [-0.4, -0.2) is 19.6 Å². The first-order valence-electron chi connectivity index (χ1n) is 6.57. The lowest BCUT2D eigenvalue weighted by Crippen LogP contribution is -2.30. The van der Waals surface area contributed by atoms with Gasteiger partial charge in [0.25, 0.3) is 0 Å². The van der Waals surface area contributed by atoms with Gasteiger partial charge in [-0.3, -0.25) is 5.41 Å². The molecule has 1 rings (SSSR count). The van der Waals surface area contributed by atoms with Crippen molar-refractivity contribution in [1.82, 2.24) is 0 Å². The van der Waals surface area contributed by atoms with Crippen LogP contribution in [0.3, 0.4) is 0 Å². The van der Waals surface area contributed by atoms with Crippen LogP contribution in [0.1, 0.15) is 33.1 Å². The van der Waals surface area contributed by atoms with Crippen LogP contribution in [0.2, 0.25) is 0 Å². The van der Waals surface area contributed by atoms with Crippen LogP contribution in [0.4, 0.5) is 0 Å². The summed E-state index contributed by atoms with van der Waals surface area (Å²) in [5.41, 5.74) is 5.33. The molecule has 0 bridgehead atoms. The van der Waals surface area contributed by atoms with Crippen molar-refractivity contribution in [3.05, 3.63) is 24.3 Å². The second-order valence-corrected chi connectivity index (χ2v) is 5.28. The van der Waals surface area contributed by atoms with Crippen LogP contribution in [0.5, 0.6) is 11.5 Å². The number of nitrogens with one attached hydrogen (secondary N) is 1. The van der Waals surface area contributed by atoms with Crippen molar-refractivity contribution in [1.29, 1.82) is 5.41 Å². The molecule has 0 aliphatic rings. The number of rotatable bonds is 8. The molecule has 1 aromatic carbocycles. The first kappa shape index (κ1) is 15.3. The fourth-order valence-electron chi connectivity index (χ4n) is 1.68. The van der Waals surface area contributed by atoms with Gasteiger partial charge < -0.3 is 15.2 Å². The molecule has 106 valence electrons. The van der Waals surface area contributed by atoms with E-state index in [0.29, 0.717) is 6.61 Å². The Morgan fingerprint density at radius 3 is 2.58 bits per heavy atom. The van der Waals surface area contributed by atoms with Crippen LogP contribution in [0, 0.1) is 10.8 Å². The van der Waals surface area contributed by atoms with Crippen LogP contribution < -0.4 is 15.2 Å². The molecule has 3 N–H and O–H groups in total. The normalized spacial score (nSPS) is 11.1. The molecular formula is C15H24N2O2. The molecule has 0 saturated heterocycles. The molecule has 0 unspecified atom stereocenters. The lowest BCUT2D eigenvalue weighted by Gasteiger charge is -2.22. The highest BCUT2D eigenvalue weighted by molar-refractivity contribution is 5.82. The van der Waals surface area contributed by atoms with Gasteiger partial charge in [0, 0.05) is 11.5 Å². The Morgan fingerprint density at radius 1 is 1.26 bits per heavy atom. The number of nitrogens with two attached hydrogens (primary N) is 1. The number of unbranched alkanes of at least 4 members (excludes halogenated alkanes) is 1. The molecule has 0 heterocycles. The van der Waals surface area contributed by atoms with Gasteiger partial charge in [-0.05, 0) is 31.4 Å². The van der Waals surface area contributed by atoms with Crippen molar-refractivity contribution in [3.63, 3.8) is 0 Å². The average molecular weight is 264 g/mol. The highest BCUT2D eigenvalue weighted by atomic mass is 16.5. The van der Waals surface area contributed by atoms with Crippen LogP contribution >= 0.6 is 0 Å². The van der Waals surface area contributed by atoms with Gasteiger partial charge in [0.2, 0.25) is 0 Å². The highest BCUT2D eigenvalue weighted by Crippen LogP contribution is 2.23. The third kappa shape index (κ3) is 5.20. The molecule has 0 aliphatic carbocycles. The largest absolute Gasteiger partial charge is 0.497 e. The summed E-state index contributed by atoms with van der Waals surface area (Å²) in [5.74, 6) is 1.88. The Labute approximate surface area is 115 Å². The predicted molar refractivity (Wildman–Crippen MR) is 78.0 cm³/mol. The first-order chi connectivity index (χ1) is 8.95. The van der Waals surface area contributed by atoms with Gasteiger partial charge in [-0.15, -0.1) is 0 Å². The van der Waals surface area contributed by atoms with Gasteiger partial charge in [0.05, 0.1) is 19.6 Å². The maximum atomic E-state index is 7.49. The van der Waals surface area contributed by atoms with Gasteiger partial charge in [0.1, 0.15) is 11.5 Å². The minimum atomic E-state index is -0.212. The summed E-state index contributed by atoms with van der Waals surface area (Å²) in [6, 6.07) is 7.59. The van der Waals surface area contributed by atoms with Crippen LogP contribution in [0.15, 0.2) is 24.3 Å². The predicted octanol–water partition coefficient (Wildman–Crippen LogP) is 3.21. The first-order valence-corrected chi connectivity index (χ1v) is 6.57. The SMILES string of the molecule is COc1cccc(OCCCCC(C)(C)C(=N)N)c1. The van der Waals surface area contributed by atoms with Gasteiger partial charge >= 0.3 is 0 Å². The minimum Gasteiger partial charge on any atom is -0.497 e. The molecule has 0 amide bonds. The van der Waals surface area contributed by atoms with E-state index >= 15 is 0 Å². The molecule has 0 aromatic heterocycles. The molecule has 19 heavy (non-hydrogen) atoms. The maximum absolute atomic E-state index is 7.49. The number of benzene rings is 1. The van der Waals surface area contributed by atoms with Crippen molar-refractivity contribution >= 4 is 5.84 Å². The standard InChI is InChI=1S/C15H24N2O2/c1-15(2,14(16)17)9-4-5-10-19-13-8-6-7-12(11-13)18-3/h6-8,11H,4-5,9-10H2,1-3H3,(H3,16,17). The van der Waals surface area contributed by atoms with E-state index in [0.717, 1.165) is 30.8 Å². The zero-order valence-electron chi connectivity index (χ0n) is 12.0. The third-order valence-electron chi connectivity index (χ3n) is 3.24. The van der Waals surface area contributed by atoms with E-state index in [1.807, 2.05) is 38.1 Å². The van der Waals surface area contributed by atoms with E-state index < -0.39 is 0 Å². The zero-order valence-corrected chi connectivity index (χ0v) is 12.0. The van der Waals surface area contributed by atoms with Crippen molar-refractivity contribution in [2.45, 2.75) is 33.1 Å². The highest BCUT2D eigenvalue weighted by Gasteiger charge is 2.20. The topological polar surface area (TPSA) is 68.3 Å². The Balaban J connectivity index is 2.26. The fraction of sp³-hybridized carbons (Fsp3) is 0.533. The summed E-state index contributed by atoms with van der Waals surface area (Å²) >= 11 is 0. The van der Waals surface area contributed by atoms with Gasteiger partial charge in [-0.25, -0.2) is 0 Å². The van der Waals surface area contributed by atoms with E-state index in [2.05, 4.69) is 0 Å². The number of hydrogen-bond acceptors (Lipinski definition) is 3. The molecule has 4 heteroatoms. The van der Waals surface area contributed by atoms with Crippen molar-refractivity contribution < 1.29 is 9.47 Å². The third-order valence-corrected chi connectivity index (χ3v) is 3.24. The molecule has 0 radical (unpaired) electrons. The summed E-state index contributed by atoms with van der Waals surface area (Å²) in [7, 11) is 1.64. The van der Waals surface area contributed by atoms with E-state index in [9.17, 15) is 0 Å². The summed E-state index contributed by atoms with van der Waals surface area (Å²) in [4.78, 5) is 0. The maximum Gasteiger partial charge on any atom is 0.122 e. The minimum absolute atomic E-state index is 0.212. The second kappa shape index (κ2) is 7.02. The molecule has 0 aliphatic heterocycles. The summed E-state index contributed by atoms with van der Waals surface area (Å²) in [6.07, 6.45) is 2.86. The molecule has 0 saturated carbocycles. The molecule has 4 nitrogen and oxygen atoms in total. The number of hydrogen-bond donors (Lipinski definition) is 2. The Morgan fingerprint density at radius 2 is 1.95 bits per heavy atom. The number of amidine groups is 1. The van der Waals surface area contributed by atoms with E-state index in [-0.39, 0.29) is 11.3 Å². The Kier molecular flexibility index (Phi) is 5.67. The fourth-order valence-corrected chi connectivity index (χ4v) is 1.68. The van der Waals surface area contributed by atoms with Crippen molar-refractivity contribution in [2.24, 2.45) is 11.1 Å². The Hall–Kier alpha value is -1.71. The summed E-state index contributed by atoms with van der Waals surface area (Å²) in [5, 5.41) is 7.49. The molecule has 0 atom stereocenters. The second-order valence-electron chi connectivity index (χ2n) is 5.28. The van der Waals surface area contributed by atoms with E-state index in [1.165, 1.54) is 0 Å². The molecular weight excluding hydrogens is 240 g/mol. The van der Waals surface area contributed by atoms with Crippen LogP contribution in [0.25, 0.3) is 0 Å². The van der Waals surface area contributed by atoms with Gasteiger partial charge in [-0.2, -0.15) is 0 Å². The lowest BCUT2D eigenvalue weighted by atomic mass is 9.86. The monoisotopic (exact) mass is 264 g/mol. The average Bonchev–Trinajstić information content (AvgIpc) is 2.38. The summed E-state index contributed by atoms with van der Waals surface area (Å²) in [6.45, 7) is 4.66. The molecule has 1 aromatic rings. The number of ether oxygens (including phenoxy) is 2. The van der Waals surface area contributed by atoms with E-state index in [4.69, 9.17) is 20.6 Å². The zero-order chi connectivity index (χ0) is 14.3. The van der Waals surface area contributed by atoms with Crippen molar-refractivity contribution in [2.75, 3.05) is 13.7 Å². The van der Waals surface area contributed by atoms with Gasteiger partial charge in [0.15, 0.2) is 0 Å². The lowest BCUT2D eigenvalue weighted by molar-refractivity contribution is 0.294. The number of methoxy groups -OCH3 is 1. The molecule has 0 spiro atoms.